The molecule has 5 heterocycles. The Morgan fingerprint density at radius 3 is 2.63 bits per heavy atom. The van der Waals surface area contributed by atoms with Gasteiger partial charge in [-0.3, -0.25) is 4.90 Å². The first-order valence-electron chi connectivity index (χ1n) is 12.9. The second kappa shape index (κ2) is 9.17. The fraction of sp³-hybridized carbons (Fsp3) is 0.481. The highest BCUT2D eigenvalue weighted by atomic mass is 32.1. The molecule has 0 atom stereocenters. The van der Waals surface area contributed by atoms with Crippen LogP contribution in [0.25, 0.3) is 32.5 Å². The molecule has 7 nitrogen and oxygen atoms in total. The van der Waals surface area contributed by atoms with Gasteiger partial charge in [0.15, 0.2) is 11.6 Å². The lowest BCUT2D eigenvalue weighted by molar-refractivity contribution is 0.122. The second-order valence-corrected chi connectivity index (χ2v) is 11.3. The number of anilines is 1. The SMILES string of the molecule is c1cc(-c2nc(N3CCOCC3)c3sc(CN4CCN(CC5CC5)CC4)cc3n2)c2cc[nH]c2c1. The van der Waals surface area contributed by atoms with E-state index < -0.39 is 0 Å². The second-order valence-electron chi connectivity index (χ2n) is 10.2. The molecule has 0 radical (unpaired) electrons. The summed E-state index contributed by atoms with van der Waals surface area (Å²) in [4.78, 5) is 22.6. The largest absolute Gasteiger partial charge is 0.378 e. The average Bonchev–Trinajstić information content (AvgIpc) is 3.41. The molecule has 3 aliphatic rings. The molecule has 1 saturated carbocycles. The summed E-state index contributed by atoms with van der Waals surface area (Å²) in [5.74, 6) is 2.85. The Labute approximate surface area is 209 Å². The third-order valence-corrected chi connectivity index (χ3v) is 8.71. The Bertz CT molecular complexity index is 1330. The van der Waals surface area contributed by atoms with Crippen LogP contribution in [-0.4, -0.2) is 83.8 Å². The van der Waals surface area contributed by atoms with Gasteiger partial charge in [0.2, 0.25) is 0 Å². The summed E-state index contributed by atoms with van der Waals surface area (Å²) in [7, 11) is 0. The summed E-state index contributed by atoms with van der Waals surface area (Å²) in [6.07, 6.45) is 4.87. The topological polar surface area (TPSA) is 60.5 Å². The van der Waals surface area contributed by atoms with E-state index in [1.807, 2.05) is 17.5 Å². The number of nitrogens with zero attached hydrogens (tertiary/aromatic N) is 5. The smallest absolute Gasteiger partial charge is 0.162 e. The number of hydrogen-bond donors (Lipinski definition) is 1. The standard InChI is InChI=1S/C27H32N6OS/c1-2-22(21-6-7-28-23(21)3-1)26-29-24-16-20(18-32-10-8-31(9-11-32)17-19-4-5-19)35-25(24)27(30-26)33-12-14-34-15-13-33/h1-3,6-7,16,19,28H,4-5,8-15,17-18H2. The van der Waals surface area contributed by atoms with E-state index in [1.165, 1.54) is 47.4 Å². The molecule has 7 rings (SSSR count). The molecule has 2 saturated heterocycles. The quantitative estimate of drug-likeness (QED) is 0.439. The highest BCUT2D eigenvalue weighted by Gasteiger charge is 2.27. The maximum absolute atomic E-state index is 5.64. The molecule has 1 N–H and O–H groups in total. The summed E-state index contributed by atoms with van der Waals surface area (Å²) < 4.78 is 6.85. The van der Waals surface area contributed by atoms with Crippen LogP contribution in [0, 0.1) is 5.92 Å². The van der Waals surface area contributed by atoms with Crippen LogP contribution in [0.5, 0.6) is 0 Å². The van der Waals surface area contributed by atoms with E-state index in [1.54, 1.807) is 0 Å². The first-order chi connectivity index (χ1) is 17.3. The first-order valence-corrected chi connectivity index (χ1v) is 13.8. The van der Waals surface area contributed by atoms with Crippen LogP contribution >= 0.6 is 11.3 Å². The minimum absolute atomic E-state index is 0.748. The molecular weight excluding hydrogens is 456 g/mol. The van der Waals surface area contributed by atoms with Crippen molar-refractivity contribution in [2.24, 2.45) is 5.92 Å². The molecule has 1 aromatic carbocycles. The van der Waals surface area contributed by atoms with Crippen molar-refractivity contribution < 1.29 is 4.74 Å². The van der Waals surface area contributed by atoms with E-state index in [-0.39, 0.29) is 0 Å². The van der Waals surface area contributed by atoms with E-state index in [0.717, 1.165) is 80.1 Å². The van der Waals surface area contributed by atoms with E-state index in [9.17, 15) is 0 Å². The van der Waals surface area contributed by atoms with Crippen molar-refractivity contribution in [1.29, 1.82) is 0 Å². The van der Waals surface area contributed by atoms with Crippen molar-refractivity contribution >= 4 is 38.3 Å². The van der Waals surface area contributed by atoms with Gasteiger partial charge in [-0.2, -0.15) is 0 Å². The van der Waals surface area contributed by atoms with Crippen LogP contribution in [-0.2, 0) is 11.3 Å². The summed E-state index contributed by atoms with van der Waals surface area (Å²) in [5.41, 5.74) is 3.27. The van der Waals surface area contributed by atoms with Gasteiger partial charge >= 0.3 is 0 Å². The minimum Gasteiger partial charge on any atom is -0.378 e. The molecular formula is C27H32N6OS. The number of aromatic amines is 1. The lowest BCUT2D eigenvalue weighted by Gasteiger charge is -2.34. The van der Waals surface area contributed by atoms with Gasteiger partial charge in [0, 0.05) is 79.9 Å². The molecule has 182 valence electrons. The predicted octanol–water partition coefficient (Wildman–Crippen LogP) is 4.20. The van der Waals surface area contributed by atoms with E-state index in [4.69, 9.17) is 14.7 Å². The Hall–Kier alpha value is -2.52. The number of benzene rings is 1. The van der Waals surface area contributed by atoms with Gasteiger partial charge in [-0.05, 0) is 37.0 Å². The van der Waals surface area contributed by atoms with Crippen molar-refractivity contribution in [1.82, 2.24) is 24.8 Å². The number of nitrogens with one attached hydrogen (secondary N) is 1. The van der Waals surface area contributed by atoms with Crippen LogP contribution in [0.1, 0.15) is 17.7 Å². The van der Waals surface area contributed by atoms with Crippen LogP contribution in [0.3, 0.4) is 0 Å². The highest BCUT2D eigenvalue weighted by Crippen LogP contribution is 2.36. The third-order valence-electron chi connectivity index (χ3n) is 7.61. The maximum atomic E-state index is 5.64. The van der Waals surface area contributed by atoms with E-state index in [2.05, 4.69) is 50.0 Å². The monoisotopic (exact) mass is 488 g/mol. The summed E-state index contributed by atoms with van der Waals surface area (Å²) in [6.45, 7) is 10.3. The van der Waals surface area contributed by atoms with Crippen LogP contribution in [0.2, 0.25) is 0 Å². The fourth-order valence-corrected chi connectivity index (χ4v) is 6.60. The Morgan fingerprint density at radius 2 is 1.80 bits per heavy atom. The summed E-state index contributed by atoms with van der Waals surface area (Å²) in [5, 5.41) is 1.17. The zero-order valence-electron chi connectivity index (χ0n) is 20.1. The van der Waals surface area contributed by atoms with Gasteiger partial charge in [-0.15, -0.1) is 11.3 Å². The van der Waals surface area contributed by atoms with Crippen molar-refractivity contribution in [2.75, 3.05) is 63.9 Å². The number of rotatable bonds is 6. The third kappa shape index (κ3) is 4.44. The van der Waals surface area contributed by atoms with Gasteiger partial charge in [0.1, 0.15) is 0 Å². The number of thiophene rings is 1. The van der Waals surface area contributed by atoms with Crippen LogP contribution in [0.4, 0.5) is 5.82 Å². The number of aromatic nitrogens is 3. The molecule has 0 spiro atoms. The number of piperazine rings is 1. The van der Waals surface area contributed by atoms with Gasteiger partial charge in [-0.25, -0.2) is 9.97 Å². The molecule has 35 heavy (non-hydrogen) atoms. The molecule has 3 fully saturated rings. The van der Waals surface area contributed by atoms with Crippen molar-refractivity contribution in [3.05, 3.63) is 41.4 Å². The molecule has 0 unspecified atom stereocenters. The Kier molecular flexibility index (Phi) is 5.69. The van der Waals surface area contributed by atoms with E-state index in [0.29, 0.717) is 0 Å². The van der Waals surface area contributed by atoms with E-state index >= 15 is 0 Å². The molecule has 0 bridgehead atoms. The first kappa shape index (κ1) is 21.7. The van der Waals surface area contributed by atoms with Crippen molar-refractivity contribution in [3.63, 3.8) is 0 Å². The summed E-state index contributed by atoms with van der Waals surface area (Å²) >= 11 is 1.87. The molecule has 1 aliphatic carbocycles. The van der Waals surface area contributed by atoms with Crippen molar-refractivity contribution in [2.45, 2.75) is 19.4 Å². The summed E-state index contributed by atoms with van der Waals surface area (Å²) in [6, 6.07) is 10.7. The predicted molar refractivity (Wildman–Crippen MR) is 142 cm³/mol. The van der Waals surface area contributed by atoms with Gasteiger partial charge in [0.25, 0.3) is 0 Å². The molecule has 2 aliphatic heterocycles. The number of morpholine rings is 1. The van der Waals surface area contributed by atoms with Gasteiger partial charge in [-0.1, -0.05) is 12.1 Å². The lowest BCUT2D eigenvalue weighted by Crippen LogP contribution is -2.46. The minimum atomic E-state index is 0.748. The number of fused-ring (bicyclic) bond motifs is 2. The molecule has 0 amide bonds. The maximum Gasteiger partial charge on any atom is 0.162 e. The fourth-order valence-electron chi connectivity index (χ4n) is 5.45. The number of hydrogen-bond acceptors (Lipinski definition) is 7. The molecule has 3 aromatic heterocycles. The average molecular weight is 489 g/mol. The Morgan fingerprint density at radius 1 is 0.971 bits per heavy atom. The number of ether oxygens (including phenoxy) is 1. The molecule has 4 aromatic rings. The van der Waals surface area contributed by atoms with Crippen LogP contribution in [0.15, 0.2) is 36.5 Å². The van der Waals surface area contributed by atoms with Gasteiger partial charge in [0.05, 0.1) is 23.4 Å². The lowest BCUT2D eigenvalue weighted by atomic mass is 10.1. The zero-order valence-corrected chi connectivity index (χ0v) is 20.9. The normalized spacial score (nSPS) is 20.3. The van der Waals surface area contributed by atoms with Gasteiger partial charge < -0.3 is 19.5 Å². The number of H-pyrrole nitrogens is 1. The van der Waals surface area contributed by atoms with Crippen LogP contribution < -0.4 is 4.90 Å². The Balaban J connectivity index is 1.21. The van der Waals surface area contributed by atoms with Crippen molar-refractivity contribution in [3.8, 4) is 11.4 Å². The molecule has 8 heteroatoms. The zero-order chi connectivity index (χ0) is 23.2. The highest BCUT2D eigenvalue weighted by molar-refractivity contribution is 7.19.